The van der Waals surface area contributed by atoms with Crippen molar-refractivity contribution in [3.8, 4) is 0 Å². The Labute approximate surface area is 129 Å². The Morgan fingerprint density at radius 1 is 1.14 bits per heavy atom. The summed E-state index contributed by atoms with van der Waals surface area (Å²) in [7, 11) is 0. The van der Waals surface area contributed by atoms with Crippen molar-refractivity contribution in [3.63, 3.8) is 0 Å². The maximum Gasteiger partial charge on any atom is 0.270 e. The quantitative estimate of drug-likeness (QED) is 0.729. The van der Waals surface area contributed by atoms with Gasteiger partial charge in [0.25, 0.3) is 5.91 Å². The Morgan fingerprint density at radius 2 is 1.91 bits per heavy atom. The number of amides is 1. The molecule has 0 saturated heterocycles. The molecular formula is C18H17N3O. The summed E-state index contributed by atoms with van der Waals surface area (Å²) in [5, 5.41) is 4.58. The van der Waals surface area contributed by atoms with E-state index in [1.165, 1.54) is 0 Å². The van der Waals surface area contributed by atoms with Crippen LogP contribution in [-0.2, 0) is 6.54 Å². The molecule has 3 N–H and O–H groups in total. The first-order valence-electron chi connectivity index (χ1n) is 7.13. The molecule has 110 valence electrons. The van der Waals surface area contributed by atoms with E-state index >= 15 is 0 Å². The van der Waals surface area contributed by atoms with Crippen molar-refractivity contribution in [2.75, 3.05) is 5.73 Å². The number of anilines is 1. The monoisotopic (exact) mass is 291 g/mol. The number of fused-ring (bicyclic) bond motifs is 1. The number of nitrogens with two attached hydrogens (primary N) is 1. The minimum atomic E-state index is -0.195. The van der Waals surface area contributed by atoms with Crippen LogP contribution in [-0.4, -0.2) is 10.9 Å². The van der Waals surface area contributed by atoms with Crippen LogP contribution in [0.25, 0.3) is 10.8 Å². The van der Waals surface area contributed by atoms with Gasteiger partial charge in [0, 0.05) is 29.2 Å². The van der Waals surface area contributed by atoms with Gasteiger partial charge < -0.3 is 11.1 Å². The van der Waals surface area contributed by atoms with Crippen molar-refractivity contribution in [2.45, 2.75) is 13.5 Å². The summed E-state index contributed by atoms with van der Waals surface area (Å²) in [5.74, 6) is -0.195. The second-order valence-electron chi connectivity index (χ2n) is 5.23. The van der Waals surface area contributed by atoms with Gasteiger partial charge in [-0.3, -0.25) is 9.78 Å². The summed E-state index contributed by atoms with van der Waals surface area (Å²) in [4.78, 5) is 16.7. The minimum absolute atomic E-state index is 0.195. The molecule has 0 fully saturated rings. The van der Waals surface area contributed by atoms with Crippen LogP contribution in [0.5, 0.6) is 0 Å². The van der Waals surface area contributed by atoms with E-state index in [1.807, 2.05) is 55.5 Å². The number of carbonyl (C=O) groups excluding carboxylic acids is 1. The summed E-state index contributed by atoms with van der Waals surface area (Å²) in [6.07, 6.45) is 1.69. The maximum absolute atomic E-state index is 12.4. The van der Waals surface area contributed by atoms with E-state index in [4.69, 9.17) is 5.73 Å². The van der Waals surface area contributed by atoms with Crippen molar-refractivity contribution >= 4 is 22.4 Å². The Balaban J connectivity index is 1.92. The van der Waals surface area contributed by atoms with E-state index < -0.39 is 0 Å². The number of carbonyl (C=O) groups is 1. The van der Waals surface area contributed by atoms with Crippen molar-refractivity contribution in [1.82, 2.24) is 10.3 Å². The molecule has 0 radical (unpaired) electrons. The van der Waals surface area contributed by atoms with Crippen LogP contribution < -0.4 is 11.1 Å². The molecule has 2 aromatic carbocycles. The van der Waals surface area contributed by atoms with Crippen LogP contribution in [0, 0.1) is 6.92 Å². The molecule has 3 aromatic rings. The lowest BCUT2D eigenvalue weighted by Crippen LogP contribution is -2.24. The molecule has 0 aliphatic carbocycles. The summed E-state index contributed by atoms with van der Waals surface area (Å²) in [6.45, 7) is 2.41. The molecule has 0 unspecified atom stereocenters. The highest BCUT2D eigenvalue weighted by Gasteiger charge is 2.14. The Hall–Kier alpha value is -2.88. The predicted octanol–water partition coefficient (Wildman–Crippen LogP) is 3.06. The highest BCUT2D eigenvalue weighted by atomic mass is 16.1. The zero-order valence-corrected chi connectivity index (χ0v) is 12.3. The normalized spacial score (nSPS) is 10.6. The molecule has 4 heteroatoms. The first-order chi connectivity index (χ1) is 10.7. The molecule has 0 bridgehead atoms. The van der Waals surface area contributed by atoms with Gasteiger partial charge in [0.05, 0.1) is 0 Å². The second-order valence-corrected chi connectivity index (χ2v) is 5.23. The molecule has 0 atom stereocenters. The van der Waals surface area contributed by atoms with Gasteiger partial charge in [-0.1, -0.05) is 42.5 Å². The molecule has 0 saturated carbocycles. The topological polar surface area (TPSA) is 68.0 Å². The molecule has 1 heterocycles. The van der Waals surface area contributed by atoms with Gasteiger partial charge in [-0.05, 0) is 24.1 Å². The van der Waals surface area contributed by atoms with E-state index in [0.717, 1.165) is 21.9 Å². The van der Waals surface area contributed by atoms with E-state index in [0.29, 0.717) is 17.9 Å². The molecular weight excluding hydrogens is 274 g/mol. The predicted molar refractivity (Wildman–Crippen MR) is 88.5 cm³/mol. The van der Waals surface area contributed by atoms with Crippen LogP contribution in [0.4, 0.5) is 5.69 Å². The number of aromatic nitrogens is 1. The number of pyridine rings is 1. The average molecular weight is 291 g/mol. The lowest BCUT2D eigenvalue weighted by atomic mass is 10.0. The summed E-state index contributed by atoms with van der Waals surface area (Å²) >= 11 is 0. The molecule has 0 aliphatic rings. The van der Waals surface area contributed by atoms with Crippen LogP contribution in [0.3, 0.4) is 0 Å². The van der Waals surface area contributed by atoms with Crippen LogP contribution in [0.1, 0.15) is 21.6 Å². The van der Waals surface area contributed by atoms with Gasteiger partial charge in [0.15, 0.2) is 0 Å². The molecule has 3 rings (SSSR count). The fourth-order valence-electron chi connectivity index (χ4n) is 2.55. The van der Waals surface area contributed by atoms with Crippen LogP contribution >= 0.6 is 0 Å². The third-order valence-corrected chi connectivity index (χ3v) is 3.64. The van der Waals surface area contributed by atoms with Gasteiger partial charge in [0.2, 0.25) is 0 Å². The number of nitrogen functional groups attached to an aromatic ring is 1. The van der Waals surface area contributed by atoms with E-state index in [1.54, 1.807) is 6.20 Å². The average Bonchev–Trinajstić information content (AvgIpc) is 2.54. The standard InChI is InChI=1S/C18H17N3O/c1-12-10-20-17(14-8-5-9-15(19)16(12)14)18(22)21-11-13-6-3-2-4-7-13/h2-10H,11,19H2,1H3,(H,21,22). The molecule has 4 nitrogen and oxygen atoms in total. The lowest BCUT2D eigenvalue weighted by molar-refractivity contribution is 0.0948. The largest absolute Gasteiger partial charge is 0.398 e. The van der Waals surface area contributed by atoms with Gasteiger partial charge >= 0.3 is 0 Å². The third-order valence-electron chi connectivity index (χ3n) is 3.64. The Morgan fingerprint density at radius 3 is 2.68 bits per heavy atom. The smallest absolute Gasteiger partial charge is 0.270 e. The zero-order valence-electron chi connectivity index (χ0n) is 12.3. The first-order valence-corrected chi connectivity index (χ1v) is 7.13. The number of hydrogen-bond donors (Lipinski definition) is 2. The number of aryl methyl sites for hydroxylation is 1. The van der Waals surface area contributed by atoms with Gasteiger partial charge in [-0.2, -0.15) is 0 Å². The Kier molecular flexibility index (Phi) is 3.74. The van der Waals surface area contributed by atoms with E-state index in [9.17, 15) is 4.79 Å². The number of nitrogens with zero attached hydrogens (tertiary/aromatic N) is 1. The molecule has 22 heavy (non-hydrogen) atoms. The molecule has 1 amide bonds. The fraction of sp³-hybridized carbons (Fsp3) is 0.111. The van der Waals surface area contributed by atoms with E-state index in [-0.39, 0.29) is 5.91 Å². The van der Waals surface area contributed by atoms with E-state index in [2.05, 4.69) is 10.3 Å². The first kappa shape index (κ1) is 14.1. The molecule has 0 aliphatic heterocycles. The number of nitrogens with one attached hydrogen (secondary N) is 1. The number of hydrogen-bond acceptors (Lipinski definition) is 3. The lowest BCUT2D eigenvalue weighted by Gasteiger charge is -2.10. The van der Waals surface area contributed by atoms with Crippen LogP contribution in [0.2, 0.25) is 0 Å². The van der Waals surface area contributed by atoms with Crippen molar-refractivity contribution in [3.05, 3.63) is 71.5 Å². The second kappa shape index (κ2) is 5.85. The number of benzene rings is 2. The number of rotatable bonds is 3. The van der Waals surface area contributed by atoms with Crippen molar-refractivity contribution in [1.29, 1.82) is 0 Å². The third kappa shape index (κ3) is 2.63. The maximum atomic E-state index is 12.4. The van der Waals surface area contributed by atoms with Gasteiger partial charge in [-0.25, -0.2) is 0 Å². The van der Waals surface area contributed by atoms with Gasteiger partial charge in [0.1, 0.15) is 5.69 Å². The summed E-state index contributed by atoms with van der Waals surface area (Å²) < 4.78 is 0. The highest BCUT2D eigenvalue weighted by molar-refractivity contribution is 6.08. The zero-order chi connectivity index (χ0) is 15.5. The molecule has 0 spiro atoms. The SMILES string of the molecule is Cc1cnc(C(=O)NCc2ccccc2)c2cccc(N)c12. The summed E-state index contributed by atoms with van der Waals surface area (Å²) in [5.41, 5.74) is 9.11. The summed E-state index contributed by atoms with van der Waals surface area (Å²) in [6, 6.07) is 15.3. The van der Waals surface area contributed by atoms with Crippen molar-refractivity contribution < 1.29 is 4.79 Å². The fourth-order valence-corrected chi connectivity index (χ4v) is 2.55. The van der Waals surface area contributed by atoms with Gasteiger partial charge in [-0.15, -0.1) is 0 Å². The Bertz CT molecular complexity index is 820. The van der Waals surface area contributed by atoms with Crippen molar-refractivity contribution in [2.24, 2.45) is 0 Å². The van der Waals surface area contributed by atoms with Crippen LogP contribution in [0.15, 0.2) is 54.7 Å². The molecule has 1 aromatic heterocycles. The minimum Gasteiger partial charge on any atom is -0.398 e. The highest BCUT2D eigenvalue weighted by Crippen LogP contribution is 2.26.